The maximum Gasteiger partial charge on any atom is 0.134 e. The van der Waals surface area contributed by atoms with Crippen LogP contribution in [0.2, 0.25) is 5.02 Å². The van der Waals surface area contributed by atoms with Gasteiger partial charge in [-0.05, 0) is 55.6 Å². The van der Waals surface area contributed by atoms with Gasteiger partial charge in [-0.2, -0.15) is 0 Å². The third kappa shape index (κ3) is 2.81. The topological polar surface area (TPSA) is 20.2 Å². The summed E-state index contributed by atoms with van der Waals surface area (Å²) in [6.45, 7) is 0. The Morgan fingerprint density at radius 1 is 1.42 bits per heavy atom. The fourth-order valence-corrected chi connectivity index (χ4v) is 1.46. The van der Waals surface area contributed by atoms with Gasteiger partial charge in [-0.3, -0.25) is 0 Å². The van der Waals surface area contributed by atoms with Gasteiger partial charge < -0.3 is 5.11 Å². The molecule has 0 spiro atoms. The second-order valence-corrected chi connectivity index (χ2v) is 5.32. The number of benzene rings is 1. The summed E-state index contributed by atoms with van der Waals surface area (Å²) in [6.07, 6.45) is 1.84. The minimum Gasteiger partial charge on any atom is -0.506 e. The van der Waals surface area contributed by atoms with Crippen LogP contribution in [0.4, 0.5) is 0 Å². The lowest BCUT2D eigenvalue weighted by Gasteiger charge is -1.97. The van der Waals surface area contributed by atoms with Crippen LogP contribution in [0, 0.1) is 0 Å². The van der Waals surface area contributed by atoms with Crippen LogP contribution in [0.5, 0.6) is 5.75 Å². The second kappa shape index (κ2) is 4.30. The number of hydrogen-bond donors (Lipinski definition) is 1. The van der Waals surface area contributed by atoms with Crippen molar-refractivity contribution >= 4 is 49.5 Å². The van der Waals surface area contributed by atoms with E-state index in [0.29, 0.717) is 5.02 Å². The summed E-state index contributed by atoms with van der Waals surface area (Å²) in [7, 11) is 0. The van der Waals surface area contributed by atoms with E-state index in [1.54, 1.807) is 18.2 Å². The van der Waals surface area contributed by atoms with Gasteiger partial charge >= 0.3 is 0 Å². The molecule has 64 valence electrons. The van der Waals surface area contributed by atoms with Gasteiger partial charge in [0, 0.05) is 0 Å². The monoisotopic (exact) mass is 310 g/mol. The molecule has 0 saturated heterocycles. The lowest BCUT2D eigenvalue weighted by atomic mass is 10.2. The van der Waals surface area contributed by atoms with Crippen molar-refractivity contribution in [3.8, 4) is 5.75 Å². The molecule has 1 aromatic carbocycles. The molecule has 0 aromatic heterocycles. The molecule has 12 heavy (non-hydrogen) atoms. The van der Waals surface area contributed by atoms with E-state index in [9.17, 15) is 0 Å². The van der Waals surface area contributed by atoms with Gasteiger partial charge in [-0.25, -0.2) is 0 Å². The van der Waals surface area contributed by atoms with Crippen LogP contribution in [0.25, 0.3) is 6.08 Å². The Labute approximate surface area is 92.3 Å². The van der Waals surface area contributed by atoms with Crippen molar-refractivity contribution in [3.05, 3.63) is 32.2 Å². The summed E-state index contributed by atoms with van der Waals surface area (Å²) in [6, 6.07) is 5.00. The third-order valence-electron chi connectivity index (χ3n) is 1.25. The largest absolute Gasteiger partial charge is 0.506 e. The lowest BCUT2D eigenvalue weighted by Crippen LogP contribution is -1.72. The highest BCUT2D eigenvalue weighted by Gasteiger charge is 1.97. The molecule has 4 heteroatoms. The van der Waals surface area contributed by atoms with Gasteiger partial charge in [0.05, 0.1) is 8.41 Å². The van der Waals surface area contributed by atoms with E-state index in [0.717, 1.165) is 8.96 Å². The minimum atomic E-state index is 0.0968. The van der Waals surface area contributed by atoms with Crippen molar-refractivity contribution < 1.29 is 5.11 Å². The van der Waals surface area contributed by atoms with Gasteiger partial charge in [0.2, 0.25) is 0 Å². The number of aromatic hydroxyl groups is 1. The molecule has 1 rings (SSSR count). The molecule has 0 unspecified atom stereocenters. The van der Waals surface area contributed by atoms with Crippen LogP contribution in [0.3, 0.4) is 0 Å². The zero-order valence-corrected chi connectivity index (χ0v) is 9.82. The van der Waals surface area contributed by atoms with Crippen LogP contribution in [0.15, 0.2) is 21.6 Å². The van der Waals surface area contributed by atoms with Gasteiger partial charge in [-0.15, -0.1) is 0 Å². The first-order valence-electron chi connectivity index (χ1n) is 3.11. The molecule has 1 nitrogen and oxygen atoms in total. The molecule has 0 amide bonds. The first kappa shape index (κ1) is 10.1. The lowest BCUT2D eigenvalue weighted by molar-refractivity contribution is 0.475. The molecule has 1 N–H and O–H groups in total. The van der Waals surface area contributed by atoms with E-state index < -0.39 is 0 Å². The number of rotatable bonds is 1. The average molecular weight is 312 g/mol. The van der Waals surface area contributed by atoms with Crippen molar-refractivity contribution in [2.24, 2.45) is 0 Å². The van der Waals surface area contributed by atoms with Crippen LogP contribution in [0.1, 0.15) is 5.56 Å². The van der Waals surface area contributed by atoms with Crippen LogP contribution in [-0.2, 0) is 0 Å². The summed E-state index contributed by atoms with van der Waals surface area (Å²) < 4.78 is 0.830. The van der Waals surface area contributed by atoms with Gasteiger partial charge in [-0.1, -0.05) is 17.7 Å². The smallest absolute Gasteiger partial charge is 0.134 e. The Balaban J connectivity index is 3.05. The fourth-order valence-electron chi connectivity index (χ4n) is 0.739. The number of phenols is 1. The summed E-state index contributed by atoms with van der Waals surface area (Å²) in [5.41, 5.74) is 0.918. The van der Waals surface area contributed by atoms with Crippen LogP contribution in [-0.4, -0.2) is 5.11 Å². The predicted molar refractivity (Wildman–Crippen MR) is 58.9 cm³/mol. The third-order valence-corrected chi connectivity index (χ3v) is 2.01. The second-order valence-electron chi connectivity index (χ2n) is 2.14. The van der Waals surface area contributed by atoms with E-state index in [4.69, 9.17) is 16.7 Å². The molecule has 0 atom stereocenters. The molecule has 0 bridgehead atoms. The molecule has 0 fully saturated rings. The highest BCUT2D eigenvalue weighted by atomic mass is 79.9. The average Bonchev–Trinajstić information content (AvgIpc) is 1.96. The highest BCUT2D eigenvalue weighted by molar-refractivity contribution is 9.28. The summed E-state index contributed by atoms with van der Waals surface area (Å²) in [5, 5.41) is 9.45. The summed E-state index contributed by atoms with van der Waals surface area (Å²) in [5.74, 6) is 0.0968. The van der Waals surface area contributed by atoms with E-state index in [1.807, 2.05) is 6.08 Å². The fraction of sp³-hybridized carbons (Fsp3) is 0. The van der Waals surface area contributed by atoms with Crippen LogP contribution < -0.4 is 0 Å². The first-order chi connectivity index (χ1) is 5.59. The normalized spacial score (nSPS) is 9.58. The van der Waals surface area contributed by atoms with E-state index in [-0.39, 0.29) is 5.75 Å². The molecular weight excluding hydrogens is 307 g/mol. The highest BCUT2D eigenvalue weighted by Crippen LogP contribution is 2.26. The molecular formula is C8H5Br2ClO. The van der Waals surface area contributed by atoms with Crippen molar-refractivity contribution in [2.45, 2.75) is 0 Å². The summed E-state index contributed by atoms with van der Waals surface area (Å²) in [4.78, 5) is 0. The molecule has 0 radical (unpaired) electrons. The van der Waals surface area contributed by atoms with Crippen molar-refractivity contribution in [1.82, 2.24) is 0 Å². The molecule has 0 aliphatic rings. The molecule has 0 saturated carbocycles. The SMILES string of the molecule is Oc1ccc(C=C(Br)Br)cc1Cl. The zero-order chi connectivity index (χ0) is 9.14. The first-order valence-corrected chi connectivity index (χ1v) is 5.07. The maximum atomic E-state index is 9.10. The Hall–Kier alpha value is 0.01000. The number of hydrogen-bond acceptors (Lipinski definition) is 1. The van der Waals surface area contributed by atoms with Gasteiger partial charge in [0.15, 0.2) is 0 Å². The molecule has 0 aliphatic heterocycles. The van der Waals surface area contributed by atoms with Crippen molar-refractivity contribution in [2.75, 3.05) is 0 Å². The molecule has 1 aromatic rings. The molecule has 0 heterocycles. The number of phenolic OH excluding ortho intramolecular Hbond substituents is 1. The standard InChI is InChI=1S/C8H5Br2ClO/c9-8(10)4-5-1-2-7(12)6(11)3-5/h1-4,12H. The Kier molecular flexibility index (Phi) is 3.62. The zero-order valence-electron chi connectivity index (χ0n) is 5.89. The summed E-state index contributed by atoms with van der Waals surface area (Å²) >= 11 is 12.1. The van der Waals surface area contributed by atoms with Crippen molar-refractivity contribution in [1.29, 1.82) is 0 Å². The predicted octanol–water partition coefficient (Wildman–Crippen LogP) is 4.13. The maximum absolute atomic E-state index is 9.10. The van der Waals surface area contributed by atoms with E-state index >= 15 is 0 Å². The minimum absolute atomic E-state index is 0.0968. The molecule has 0 aliphatic carbocycles. The van der Waals surface area contributed by atoms with E-state index in [2.05, 4.69) is 31.9 Å². The van der Waals surface area contributed by atoms with Crippen LogP contribution >= 0.6 is 43.5 Å². The Morgan fingerprint density at radius 3 is 2.58 bits per heavy atom. The Morgan fingerprint density at radius 2 is 2.08 bits per heavy atom. The number of halogens is 3. The quantitative estimate of drug-likeness (QED) is 0.826. The van der Waals surface area contributed by atoms with Crippen molar-refractivity contribution in [3.63, 3.8) is 0 Å². The van der Waals surface area contributed by atoms with Gasteiger partial charge in [0.25, 0.3) is 0 Å². The van der Waals surface area contributed by atoms with Gasteiger partial charge in [0.1, 0.15) is 5.75 Å². The Bertz CT molecular complexity index is 319. The van der Waals surface area contributed by atoms with E-state index in [1.165, 1.54) is 0 Å².